The number of nitrogens with one attached hydrogen (secondary N) is 2. The third-order valence-electron chi connectivity index (χ3n) is 4.11. The van der Waals surface area contributed by atoms with Crippen molar-refractivity contribution in [2.45, 2.75) is 12.5 Å². The van der Waals surface area contributed by atoms with Crippen molar-refractivity contribution in [3.63, 3.8) is 0 Å². The molecule has 9 heteroatoms. The van der Waals surface area contributed by atoms with Gasteiger partial charge in [0.05, 0.1) is 5.02 Å². The number of hydrogen-bond donors (Lipinski definition) is 2. The van der Waals surface area contributed by atoms with Gasteiger partial charge in [0.2, 0.25) is 6.10 Å². The van der Waals surface area contributed by atoms with Gasteiger partial charge in [0.15, 0.2) is 18.1 Å². The Morgan fingerprint density at radius 1 is 1.23 bits per heavy atom. The molecule has 0 aromatic heterocycles. The molecular formula is C21H20ClFN2O5. The molecule has 1 heterocycles. The van der Waals surface area contributed by atoms with Crippen LogP contribution in [0.5, 0.6) is 17.2 Å². The standard InChI is InChI=1S/C21H20ClFN2O5/c1-13(25-21(27)19-11-29-17-4-2-3-5-18(17)30-19)8-9-24-20(26)12-28-14-6-7-15(22)16(23)10-14/h2-7,10,19H,1,8-9,11-12H2,(H,24,26)(H,25,27)/t19-/m1/s1. The largest absolute Gasteiger partial charge is 0.485 e. The van der Waals surface area contributed by atoms with Crippen LogP contribution in [0.4, 0.5) is 4.39 Å². The summed E-state index contributed by atoms with van der Waals surface area (Å²) in [5, 5.41) is 5.25. The van der Waals surface area contributed by atoms with Crippen molar-refractivity contribution < 1.29 is 28.2 Å². The number of carbonyl (C=O) groups is 2. The van der Waals surface area contributed by atoms with Crippen LogP contribution in [-0.4, -0.2) is 37.7 Å². The number of carbonyl (C=O) groups excluding carboxylic acids is 2. The van der Waals surface area contributed by atoms with Gasteiger partial charge in [-0.15, -0.1) is 0 Å². The summed E-state index contributed by atoms with van der Waals surface area (Å²) in [4.78, 5) is 24.1. The van der Waals surface area contributed by atoms with E-state index >= 15 is 0 Å². The number of amides is 2. The Kier molecular flexibility index (Phi) is 7.13. The molecule has 0 saturated carbocycles. The number of rotatable bonds is 8. The van der Waals surface area contributed by atoms with Crippen molar-refractivity contribution in [1.29, 1.82) is 0 Å². The first kappa shape index (κ1) is 21.4. The Labute approximate surface area is 177 Å². The van der Waals surface area contributed by atoms with Crippen molar-refractivity contribution >= 4 is 23.4 Å². The zero-order valence-electron chi connectivity index (χ0n) is 16.0. The third-order valence-corrected chi connectivity index (χ3v) is 4.42. The van der Waals surface area contributed by atoms with Crippen LogP contribution < -0.4 is 24.8 Å². The summed E-state index contributed by atoms with van der Waals surface area (Å²) in [5.74, 6) is -0.120. The minimum absolute atomic E-state index is 0.0261. The summed E-state index contributed by atoms with van der Waals surface area (Å²) in [5.41, 5.74) is 0.420. The summed E-state index contributed by atoms with van der Waals surface area (Å²) >= 11 is 5.59. The molecule has 0 unspecified atom stereocenters. The summed E-state index contributed by atoms with van der Waals surface area (Å²) in [6, 6.07) is 11.0. The normalized spacial score (nSPS) is 14.5. The number of benzene rings is 2. The SMILES string of the molecule is C=C(CCNC(=O)COc1ccc(Cl)c(F)c1)NC(=O)[C@H]1COc2ccccc2O1. The summed E-state index contributed by atoms with van der Waals surface area (Å²) in [6.07, 6.45) is -0.476. The summed E-state index contributed by atoms with van der Waals surface area (Å²) in [6.45, 7) is 3.82. The number of hydrogen-bond acceptors (Lipinski definition) is 5. The number of halogens is 2. The molecule has 0 spiro atoms. The maximum atomic E-state index is 13.3. The Morgan fingerprint density at radius 3 is 2.77 bits per heavy atom. The average Bonchev–Trinajstić information content (AvgIpc) is 2.74. The Hall–Kier alpha value is -3.26. The van der Waals surface area contributed by atoms with Gasteiger partial charge in [0.1, 0.15) is 18.2 Å². The zero-order chi connectivity index (χ0) is 21.5. The minimum Gasteiger partial charge on any atom is -0.485 e. The quantitative estimate of drug-likeness (QED) is 0.667. The van der Waals surface area contributed by atoms with E-state index in [0.29, 0.717) is 23.6 Å². The molecule has 0 bridgehead atoms. The molecule has 0 radical (unpaired) electrons. The first-order chi connectivity index (χ1) is 14.4. The lowest BCUT2D eigenvalue weighted by Crippen LogP contribution is -2.43. The highest BCUT2D eigenvalue weighted by Gasteiger charge is 2.27. The van der Waals surface area contributed by atoms with E-state index in [0.717, 1.165) is 6.07 Å². The smallest absolute Gasteiger partial charge is 0.268 e. The predicted molar refractivity (Wildman–Crippen MR) is 108 cm³/mol. The van der Waals surface area contributed by atoms with Crippen molar-refractivity contribution in [3.8, 4) is 17.2 Å². The first-order valence-corrected chi connectivity index (χ1v) is 9.52. The van der Waals surface area contributed by atoms with Crippen molar-refractivity contribution in [2.24, 2.45) is 0 Å². The average molecular weight is 435 g/mol. The molecule has 2 aromatic carbocycles. The van der Waals surface area contributed by atoms with Gasteiger partial charge in [-0.1, -0.05) is 30.3 Å². The molecule has 2 N–H and O–H groups in total. The molecule has 1 aliphatic rings. The van der Waals surface area contributed by atoms with Crippen molar-refractivity contribution in [1.82, 2.24) is 10.6 Å². The Balaban J connectivity index is 1.35. The van der Waals surface area contributed by atoms with Gasteiger partial charge in [0.25, 0.3) is 11.8 Å². The Bertz CT molecular complexity index is 953. The maximum absolute atomic E-state index is 13.3. The molecule has 30 heavy (non-hydrogen) atoms. The van der Waals surface area contributed by atoms with Crippen LogP contribution >= 0.6 is 11.6 Å². The topological polar surface area (TPSA) is 85.9 Å². The second kappa shape index (κ2) is 9.98. The van der Waals surface area contributed by atoms with Crippen LogP contribution in [0.2, 0.25) is 5.02 Å². The van der Waals surface area contributed by atoms with Gasteiger partial charge in [-0.05, 0) is 24.3 Å². The van der Waals surface area contributed by atoms with E-state index in [1.54, 1.807) is 18.2 Å². The van der Waals surface area contributed by atoms with E-state index in [-0.39, 0.29) is 36.4 Å². The van der Waals surface area contributed by atoms with Gasteiger partial charge in [0, 0.05) is 24.7 Å². The van der Waals surface area contributed by atoms with Crippen LogP contribution in [0.25, 0.3) is 0 Å². The second-order valence-electron chi connectivity index (χ2n) is 6.42. The molecule has 2 aromatic rings. The fourth-order valence-electron chi connectivity index (χ4n) is 2.59. The van der Waals surface area contributed by atoms with Gasteiger partial charge >= 0.3 is 0 Å². The molecular weight excluding hydrogens is 415 g/mol. The molecule has 0 saturated heterocycles. The van der Waals surface area contributed by atoms with E-state index in [1.807, 2.05) is 6.07 Å². The zero-order valence-corrected chi connectivity index (χ0v) is 16.7. The lowest BCUT2D eigenvalue weighted by molar-refractivity contribution is -0.129. The van der Waals surface area contributed by atoms with Gasteiger partial charge in [-0.3, -0.25) is 9.59 Å². The van der Waals surface area contributed by atoms with E-state index < -0.39 is 17.8 Å². The predicted octanol–water partition coefficient (Wildman–Crippen LogP) is 2.83. The number of para-hydroxylation sites is 2. The second-order valence-corrected chi connectivity index (χ2v) is 6.83. The molecule has 2 amide bonds. The highest BCUT2D eigenvalue weighted by atomic mass is 35.5. The van der Waals surface area contributed by atoms with Gasteiger partial charge in [-0.2, -0.15) is 0 Å². The first-order valence-electron chi connectivity index (χ1n) is 9.14. The molecule has 1 aliphatic heterocycles. The van der Waals surface area contributed by atoms with E-state index in [9.17, 15) is 14.0 Å². The van der Waals surface area contributed by atoms with Gasteiger partial charge < -0.3 is 24.8 Å². The molecule has 158 valence electrons. The lowest BCUT2D eigenvalue weighted by atomic mass is 10.2. The monoisotopic (exact) mass is 434 g/mol. The van der Waals surface area contributed by atoms with Crippen LogP contribution in [0.1, 0.15) is 6.42 Å². The number of ether oxygens (including phenoxy) is 3. The van der Waals surface area contributed by atoms with Crippen LogP contribution in [0, 0.1) is 5.82 Å². The van der Waals surface area contributed by atoms with E-state index in [1.165, 1.54) is 12.1 Å². The Morgan fingerprint density at radius 2 is 2.00 bits per heavy atom. The maximum Gasteiger partial charge on any atom is 0.268 e. The van der Waals surface area contributed by atoms with Gasteiger partial charge in [-0.25, -0.2) is 4.39 Å². The highest BCUT2D eigenvalue weighted by Crippen LogP contribution is 2.30. The summed E-state index contributed by atoms with van der Waals surface area (Å²) in [7, 11) is 0. The fraction of sp³-hybridized carbons (Fsp3) is 0.238. The minimum atomic E-state index is -0.792. The molecule has 3 rings (SSSR count). The van der Waals surface area contributed by atoms with Crippen LogP contribution in [0.3, 0.4) is 0 Å². The third kappa shape index (κ3) is 5.87. The van der Waals surface area contributed by atoms with E-state index in [4.69, 9.17) is 25.8 Å². The lowest BCUT2D eigenvalue weighted by Gasteiger charge is -2.25. The van der Waals surface area contributed by atoms with Crippen LogP contribution in [-0.2, 0) is 9.59 Å². The molecule has 0 fully saturated rings. The summed E-state index contributed by atoms with van der Waals surface area (Å²) < 4.78 is 29.7. The number of fused-ring (bicyclic) bond motifs is 1. The van der Waals surface area contributed by atoms with Crippen molar-refractivity contribution in [3.05, 3.63) is 65.6 Å². The highest BCUT2D eigenvalue weighted by molar-refractivity contribution is 6.30. The van der Waals surface area contributed by atoms with Crippen LogP contribution in [0.15, 0.2) is 54.7 Å². The fourth-order valence-corrected chi connectivity index (χ4v) is 2.70. The molecule has 1 atom stereocenters. The molecule has 7 nitrogen and oxygen atoms in total. The van der Waals surface area contributed by atoms with Crippen molar-refractivity contribution in [2.75, 3.05) is 19.8 Å². The van der Waals surface area contributed by atoms with E-state index in [2.05, 4.69) is 17.2 Å². The molecule has 0 aliphatic carbocycles.